The van der Waals surface area contributed by atoms with Crippen LogP contribution in [0, 0.1) is 0 Å². The summed E-state index contributed by atoms with van der Waals surface area (Å²) in [6.45, 7) is 0. The van der Waals surface area contributed by atoms with Gasteiger partial charge < -0.3 is 5.73 Å². The summed E-state index contributed by atoms with van der Waals surface area (Å²) in [5, 5.41) is 0.572. The number of aliphatic imine (C=N–C) groups is 1. The van der Waals surface area contributed by atoms with Crippen molar-refractivity contribution in [3.8, 4) is 11.1 Å². The van der Waals surface area contributed by atoms with Gasteiger partial charge in [-0.05, 0) is 17.7 Å². The first kappa shape index (κ1) is 14.3. The summed E-state index contributed by atoms with van der Waals surface area (Å²) in [5.41, 5.74) is 10.4. The average molecular weight is 308 g/mol. The molecule has 2 aromatic carbocycles. The summed E-state index contributed by atoms with van der Waals surface area (Å²) in [4.78, 5) is 8.47. The highest BCUT2D eigenvalue weighted by Crippen LogP contribution is 2.29. The van der Waals surface area contributed by atoms with Crippen molar-refractivity contribution >= 4 is 29.2 Å². The smallest absolute Gasteiger partial charge is 0.0999 e. The fourth-order valence-corrected chi connectivity index (χ4v) is 2.35. The number of halogens is 1. The van der Waals surface area contributed by atoms with Crippen molar-refractivity contribution in [2.75, 3.05) is 5.73 Å². The van der Waals surface area contributed by atoms with E-state index < -0.39 is 0 Å². The van der Waals surface area contributed by atoms with Gasteiger partial charge in [-0.25, -0.2) is 0 Å². The second kappa shape index (κ2) is 6.41. The molecule has 108 valence electrons. The molecule has 0 saturated carbocycles. The predicted octanol–water partition coefficient (Wildman–Crippen LogP) is 4.73. The number of anilines is 1. The lowest BCUT2D eigenvalue weighted by Crippen LogP contribution is -1.93. The van der Waals surface area contributed by atoms with E-state index in [2.05, 4.69) is 9.98 Å². The first-order valence-corrected chi connectivity index (χ1v) is 7.21. The molecular formula is C18H14ClN3. The number of hydrogen-bond donors (Lipinski definition) is 1. The predicted molar refractivity (Wildman–Crippen MR) is 92.8 cm³/mol. The Labute approximate surface area is 134 Å². The maximum Gasteiger partial charge on any atom is 0.0999 e. The van der Waals surface area contributed by atoms with Gasteiger partial charge in [0.15, 0.2) is 0 Å². The first-order valence-electron chi connectivity index (χ1n) is 6.83. The van der Waals surface area contributed by atoms with Gasteiger partial charge in [0, 0.05) is 29.2 Å². The fourth-order valence-electron chi connectivity index (χ4n) is 2.20. The molecule has 1 aromatic heterocycles. The van der Waals surface area contributed by atoms with E-state index in [9.17, 15) is 0 Å². The van der Waals surface area contributed by atoms with Crippen molar-refractivity contribution in [3.63, 3.8) is 0 Å². The number of pyridine rings is 1. The molecule has 0 amide bonds. The zero-order valence-corrected chi connectivity index (χ0v) is 12.5. The Bertz CT molecular complexity index is 828. The Hall–Kier alpha value is -2.65. The van der Waals surface area contributed by atoms with E-state index in [1.807, 2.05) is 48.5 Å². The minimum Gasteiger partial charge on any atom is -0.398 e. The van der Waals surface area contributed by atoms with Crippen LogP contribution in [0.15, 0.2) is 72.0 Å². The van der Waals surface area contributed by atoms with Crippen LogP contribution in [0.3, 0.4) is 0 Å². The van der Waals surface area contributed by atoms with Crippen molar-refractivity contribution < 1.29 is 0 Å². The van der Waals surface area contributed by atoms with E-state index in [1.165, 1.54) is 0 Å². The quantitative estimate of drug-likeness (QED) is 0.561. The molecule has 22 heavy (non-hydrogen) atoms. The number of para-hydroxylation sites is 1. The second-order valence-corrected chi connectivity index (χ2v) is 5.17. The van der Waals surface area contributed by atoms with Crippen LogP contribution in [-0.4, -0.2) is 11.2 Å². The summed E-state index contributed by atoms with van der Waals surface area (Å²) >= 11 is 6.10. The van der Waals surface area contributed by atoms with Crippen molar-refractivity contribution in [1.29, 1.82) is 0 Å². The maximum atomic E-state index is 6.10. The van der Waals surface area contributed by atoms with E-state index in [-0.39, 0.29) is 0 Å². The third kappa shape index (κ3) is 3.00. The zero-order valence-electron chi connectivity index (χ0n) is 11.8. The van der Waals surface area contributed by atoms with Crippen LogP contribution in [-0.2, 0) is 0 Å². The lowest BCUT2D eigenvalue weighted by Gasteiger charge is -2.08. The molecule has 0 fully saturated rings. The number of nitrogen functional groups attached to an aromatic ring is 1. The van der Waals surface area contributed by atoms with Crippen molar-refractivity contribution in [2.24, 2.45) is 4.99 Å². The number of rotatable bonds is 3. The lowest BCUT2D eigenvalue weighted by atomic mass is 9.99. The molecule has 0 aliphatic heterocycles. The number of hydrogen-bond acceptors (Lipinski definition) is 3. The van der Waals surface area contributed by atoms with E-state index in [0.717, 1.165) is 22.4 Å². The summed E-state index contributed by atoms with van der Waals surface area (Å²) in [5.74, 6) is 0. The van der Waals surface area contributed by atoms with Crippen LogP contribution in [0.25, 0.3) is 11.1 Å². The van der Waals surface area contributed by atoms with Gasteiger partial charge in [-0.15, -0.1) is 0 Å². The third-order valence-electron chi connectivity index (χ3n) is 3.30. The van der Waals surface area contributed by atoms with E-state index in [0.29, 0.717) is 10.7 Å². The van der Waals surface area contributed by atoms with Gasteiger partial charge in [-0.2, -0.15) is 0 Å². The molecule has 0 atom stereocenters. The topological polar surface area (TPSA) is 51.3 Å². The Morgan fingerprint density at radius 1 is 0.955 bits per heavy atom. The van der Waals surface area contributed by atoms with Gasteiger partial charge in [0.1, 0.15) is 0 Å². The Morgan fingerprint density at radius 3 is 2.45 bits per heavy atom. The van der Waals surface area contributed by atoms with Crippen LogP contribution in [0.4, 0.5) is 11.4 Å². The van der Waals surface area contributed by atoms with Crippen molar-refractivity contribution in [3.05, 3.63) is 77.6 Å². The van der Waals surface area contributed by atoms with Gasteiger partial charge >= 0.3 is 0 Å². The number of aromatic nitrogens is 1. The molecule has 3 aromatic rings. The molecule has 0 aliphatic rings. The summed E-state index contributed by atoms with van der Waals surface area (Å²) in [6, 6.07) is 17.5. The average Bonchev–Trinajstić information content (AvgIpc) is 2.55. The highest BCUT2D eigenvalue weighted by molar-refractivity contribution is 6.33. The SMILES string of the molecule is Nc1ccccc1-c1ccccc1C=Nc1cnccc1Cl. The Balaban J connectivity index is 2.03. The molecule has 4 heteroatoms. The third-order valence-corrected chi connectivity index (χ3v) is 3.62. The maximum absolute atomic E-state index is 6.10. The van der Waals surface area contributed by atoms with Crippen molar-refractivity contribution in [2.45, 2.75) is 0 Å². The van der Waals surface area contributed by atoms with Crippen LogP contribution in [0.5, 0.6) is 0 Å². The van der Waals surface area contributed by atoms with Crippen LogP contribution < -0.4 is 5.73 Å². The Kier molecular flexibility index (Phi) is 4.17. The van der Waals surface area contributed by atoms with Gasteiger partial charge in [0.05, 0.1) is 16.9 Å². The zero-order chi connectivity index (χ0) is 15.4. The lowest BCUT2D eigenvalue weighted by molar-refractivity contribution is 1.31. The number of nitrogens with two attached hydrogens (primary N) is 1. The number of nitrogens with zero attached hydrogens (tertiary/aromatic N) is 2. The van der Waals surface area contributed by atoms with Crippen LogP contribution >= 0.6 is 11.6 Å². The number of benzene rings is 2. The molecule has 0 saturated heterocycles. The molecule has 0 aliphatic carbocycles. The molecule has 0 radical (unpaired) electrons. The highest BCUT2D eigenvalue weighted by Gasteiger charge is 2.06. The molecule has 0 unspecified atom stereocenters. The standard InChI is InChI=1S/C18H14ClN3/c19-16-9-10-21-12-18(16)22-11-13-5-1-2-6-14(13)15-7-3-4-8-17(15)20/h1-12H,20H2. The Morgan fingerprint density at radius 2 is 1.68 bits per heavy atom. The fraction of sp³-hybridized carbons (Fsp3) is 0. The minimum absolute atomic E-state index is 0.572. The van der Waals surface area contributed by atoms with Gasteiger partial charge in [-0.1, -0.05) is 54.1 Å². The van der Waals surface area contributed by atoms with Crippen LogP contribution in [0.2, 0.25) is 5.02 Å². The van der Waals surface area contributed by atoms with Crippen LogP contribution in [0.1, 0.15) is 5.56 Å². The van der Waals surface area contributed by atoms with Gasteiger partial charge in [0.25, 0.3) is 0 Å². The molecular weight excluding hydrogens is 294 g/mol. The minimum atomic E-state index is 0.572. The summed E-state index contributed by atoms with van der Waals surface area (Å²) in [7, 11) is 0. The van der Waals surface area contributed by atoms with Crippen molar-refractivity contribution in [1.82, 2.24) is 4.98 Å². The molecule has 0 spiro atoms. The van der Waals surface area contributed by atoms with Gasteiger partial charge in [-0.3, -0.25) is 9.98 Å². The monoisotopic (exact) mass is 307 g/mol. The molecule has 0 bridgehead atoms. The largest absolute Gasteiger partial charge is 0.398 e. The van der Waals surface area contributed by atoms with E-state index in [1.54, 1.807) is 24.7 Å². The normalized spacial score (nSPS) is 11.0. The summed E-state index contributed by atoms with van der Waals surface area (Å²) in [6.07, 6.45) is 5.06. The first-order chi connectivity index (χ1) is 10.8. The van der Waals surface area contributed by atoms with E-state index >= 15 is 0 Å². The van der Waals surface area contributed by atoms with Gasteiger partial charge in [0.2, 0.25) is 0 Å². The second-order valence-electron chi connectivity index (χ2n) is 4.76. The molecule has 1 heterocycles. The van der Waals surface area contributed by atoms with E-state index in [4.69, 9.17) is 17.3 Å². The molecule has 3 rings (SSSR count). The summed E-state index contributed by atoms with van der Waals surface area (Å²) < 4.78 is 0. The molecule has 2 N–H and O–H groups in total. The molecule has 3 nitrogen and oxygen atoms in total. The highest BCUT2D eigenvalue weighted by atomic mass is 35.5.